The average molecular weight is 500 g/mol. The highest BCUT2D eigenvalue weighted by Crippen LogP contribution is 2.28. The van der Waals surface area contributed by atoms with Gasteiger partial charge in [-0.2, -0.15) is 5.10 Å². The van der Waals surface area contributed by atoms with Crippen molar-refractivity contribution < 1.29 is 23.9 Å². The van der Waals surface area contributed by atoms with Crippen LogP contribution in [-0.2, 0) is 9.59 Å². The van der Waals surface area contributed by atoms with Crippen molar-refractivity contribution in [3.05, 3.63) is 87.4 Å². The maximum absolute atomic E-state index is 12.3. The second-order valence-electron chi connectivity index (χ2n) is 6.93. The van der Waals surface area contributed by atoms with E-state index in [1.54, 1.807) is 48.5 Å². The molecule has 3 aromatic rings. The number of anilines is 1. The minimum Gasteiger partial charge on any atom is -0.493 e. The lowest BCUT2D eigenvalue weighted by Crippen LogP contribution is -2.32. The number of esters is 1. The number of benzene rings is 3. The van der Waals surface area contributed by atoms with Crippen LogP contribution >= 0.6 is 23.2 Å². The summed E-state index contributed by atoms with van der Waals surface area (Å²) in [6, 6.07) is 15.9. The van der Waals surface area contributed by atoms with E-state index < -0.39 is 17.8 Å². The second-order valence-corrected chi connectivity index (χ2v) is 7.77. The number of hydrogen-bond donors (Lipinski definition) is 2. The number of carbonyl (C=O) groups is 3. The van der Waals surface area contributed by atoms with E-state index >= 15 is 0 Å². The molecule has 2 amide bonds. The molecule has 3 rings (SSSR count). The van der Waals surface area contributed by atoms with Gasteiger partial charge in [0.25, 0.3) is 0 Å². The molecule has 0 saturated carbocycles. The van der Waals surface area contributed by atoms with Crippen LogP contribution in [-0.4, -0.2) is 31.1 Å². The molecule has 0 aliphatic heterocycles. The minimum absolute atomic E-state index is 0.185. The van der Waals surface area contributed by atoms with Gasteiger partial charge in [0.15, 0.2) is 11.5 Å². The highest BCUT2D eigenvalue weighted by Gasteiger charge is 2.15. The monoisotopic (exact) mass is 499 g/mol. The van der Waals surface area contributed by atoms with Gasteiger partial charge in [-0.05, 0) is 66.6 Å². The SMILES string of the molecule is COc1cc(/C=N/NC(=O)C(=O)Nc2ccc(C)c(Cl)c2)ccc1OC(=O)c1cccc(Cl)c1. The van der Waals surface area contributed by atoms with E-state index in [4.69, 9.17) is 32.7 Å². The zero-order valence-corrected chi connectivity index (χ0v) is 19.6. The summed E-state index contributed by atoms with van der Waals surface area (Å²) < 4.78 is 10.6. The van der Waals surface area contributed by atoms with Gasteiger partial charge in [0, 0.05) is 15.7 Å². The Hall–Kier alpha value is -3.88. The molecule has 0 fully saturated rings. The van der Waals surface area contributed by atoms with E-state index in [-0.39, 0.29) is 17.1 Å². The number of hydrogen-bond acceptors (Lipinski definition) is 6. The molecular formula is C24H19Cl2N3O5. The number of nitrogens with zero attached hydrogens (tertiary/aromatic N) is 1. The smallest absolute Gasteiger partial charge is 0.343 e. The number of aryl methyl sites for hydroxylation is 1. The molecular weight excluding hydrogens is 481 g/mol. The van der Waals surface area contributed by atoms with Crippen molar-refractivity contribution in [2.24, 2.45) is 5.10 Å². The van der Waals surface area contributed by atoms with Crippen molar-refractivity contribution in [1.29, 1.82) is 0 Å². The molecule has 0 spiro atoms. The molecule has 0 aliphatic rings. The van der Waals surface area contributed by atoms with Gasteiger partial charge in [0.1, 0.15) is 0 Å². The molecule has 8 nitrogen and oxygen atoms in total. The number of carbonyl (C=O) groups excluding carboxylic acids is 3. The van der Waals surface area contributed by atoms with E-state index in [0.29, 0.717) is 21.3 Å². The summed E-state index contributed by atoms with van der Waals surface area (Å²) in [5.74, 6) is -2.02. The van der Waals surface area contributed by atoms with Crippen molar-refractivity contribution in [3.8, 4) is 11.5 Å². The molecule has 0 bridgehead atoms. The van der Waals surface area contributed by atoms with Crippen LogP contribution in [0.3, 0.4) is 0 Å². The molecule has 0 unspecified atom stereocenters. The minimum atomic E-state index is -0.966. The average Bonchev–Trinajstić information content (AvgIpc) is 2.82. The lowest BCUT2D eigenvalue weighted by atomic mass is 10.2. The van der Waals surface area contributed by atoms with Gasteiger partial charge in [-0.3, -0.25) is 9.59 Å². The molecule has 10 heteroatoms. The summed E-state index contributed by atoms with van der Waals surface area (Å²) in [5.41, 5.74) is 4.16. The largest absolute Gasteiger partial charge is 0.493 e. The fourth-order valence-corrected chi connectivity index (χ4v) is 3.07. The Balaban J connectivity index is 1.61. The number of amides is 2. The molecule has 3 aromatic carbocycles. The lowest BCUT2D eigenvalue weighted by Gasteiger charge is -2.10. The van der Waals surface area contributed by atoms with Crippen LogP contribution in [0, 0.1) is 6.92 Å². The number of nitrogens with one attached hydrogen (secondary N) is 2. The molecule has 0 radical (unpaired) electrons. The van der Waals surface area contributed by atoms with Crippen molar-refractivity contribution >= 4 is 52.9 Å². The molecule has 2 N–H and O–H groups in total. The zero-order valence-electron chi connectivity index (χ0n) is 18.1. The Bertz CT molecular complexity index is 1280. The Morgan fingerprint density at radius 2 is 1.74 bits per heavy atom. The molecule has 174 valence electrons. The van der Waals surface area contributed by atoms with Gasteiger partial charge in [0.05, 0.1) is 18.9 Å². The Morgan fingerprint density at radius 1 is 0.941 bits per heavy atom. The number of methoxy groups -OCH3 is 1. The van der Waals surface area contributed by atoms with Crippen molar-refractivity contribution in [2.45, 2.75) is 6.92 Å². The number of rotatable bonds is 6. The highest BCUT2D eigenvalue weighted by molar-refractivity contribution is 6.40. The van der Waals surface area contributed by atoms with Crippen LogP contribution in [0.2, 0.25) is 10.0 Å². The van der Waals surface area contributed by atoms with Crippen LogP contribution in [0.15, 0.2) is 65.8 Å². The molecule has 0 atom stereocenters. The maximum Gasteiger partial charge on any atom is 0.343 e. The van der Waals surface area contributed by atoms with Crippen LogP contribution in [0.5, 0.6) is 11.5 Å². The third-order valence-electron chi connectivity index (χ3n) is 4.47. The predicted molar refractivity (Wildman–Crippen MR) is 130 cm³/mol. The zero-order chi connectivity index (χ0) is 24.7. The van der Waals surface area contributed by atoms with Crippen molar-refractivity contribution in [1.82, 2.24) is 5.43 Å². The Morgan fingerprint density at radius 3 is 2.44 bits per heavy atom. The lowest BCUT2D eigenvalue weighted by molar-refractivity contribution is -0.136. The van der Waals surface area contributed by atoms with E-state index in [0.717, 1.165) is 5.56 Å². The van der Waals surface area contributed by atoms with Gasteiger partial charge < -0.3 is 14.8 Å². The molecule has 0 aliphatic carbocycles. The third kappa shape index (κ3) is 6.57. The van der Waals surface area contributed by atoms with Crippen LogP contribution in [0.4, 0.5) is 5.69 Å². The first-order chi connectivity index (χ1) is 16.3. The van der Waals surface area contributed by atoms with E-state index in [1.165, 1.54) is 25.5 Å². The van der Waals surface area contributed by atoms with Gasteiger partial charge in [-0.25, -0.2) is 10.2 Å². The van der Waals surface area contributed by atoms with Gasteiger partial charge >= 0.3 is 17.8 Å². The van der Waals surface area contributed by atoms with Crippen molar-refractivity contribution in [2.75, 3.05) is 12.4 Å². The number of halogens is 2. The fraction of sp³-hybridized carbons (Fsp3) is 0.0833. The summed E-state index contributed by atoms with van der Waals surface area (Å²) in [7, 11) is 1.41. The second kappa shape index (κ2) is 11.3. The summed E-state index contributed by atoms with van der Waals surface area (Å²) in [4.78, 5) is 36.3. The Labute approximate surface area is 205 Å². The first-order valence-electron chi connectivity index (χ1n) is 9.83. The molecule has 0 aromatic heterocycles. The third-order valence-corrected chi connectivity index (χ3v) is 5.11. The normalized spacial score (nSPS) is 10.6. The summed E-state index contributed by atoms with van der Waals surface area (Å²) in [5, 5.41) is 7.08. The van der Waals surface area contributed by atoms with E-state index in [9.17, 15) is 14.4 Å². The topological polar surface area (TPSA) is 106 Å². The first kappa shape index (κ1) is 24.8. The fourth-order valence-electron chi connectivity index (χ4n) is 2.70. The standard InChI is InChI=1S/C24H19Cl2N3O5/c1-14-6-8-18(12-19(14)26)28-22(30)23(31)29-27-13-15-7-9-20(21(10-15)33-2)34-24(32)16-4-3-5-17(25)11-16/h3-13H,1-2H3,(H,28,30)(H,29,31)/b27-13+. The van der Waals surface area contributed by atoms with Crippen LogP contribution < -0.4 is 20.2 Å². The molecule has 0 saturated heterocycles. The van der Waals surface area contributed by atoms with Crippen molar-refractivity contribution in [3.63, 3.8) is 0 Å². The Kier molecular flexibility index (Phi) is 8.24. The van der Waals surface area contributed by atoms with Gasteiger partial charge in [-0.15, -0.1) is 0 Å². The quantitative estimate of drug-likeness (QED) is 0.169. The summed E-state index contributed by atoms with van der Waals surface area (Å²) in [6.07, 6.45) is 1.30. The predicted octanol–water partition coefficient (Wildman–Crippen LogP) is 4.62. The highest BCUT2D eigenvalue weighted by atomic mass is 35.5. The van der Waals surface area contributed by atoms with Gasteiger partial charge in [-0.1, -0.05) is 35.3 Å². The molecule has 34 heavy (non-hydrogen) atoms. The maximum atomic E-state index is 12.3. The van der Waals surface area contributed by atoms with Gasteiger partial charge in [0.2, 0.25) is 0 Å². The molecule has 0 heterocycles. The first-order valence-corrected chi connectivity index (χ1v) is 10.6. The van der Waals surface area contributed by atoms with E-state index in [1.807, 2.05) is 6.92 Å². The van der Waals surface area contributed by atoms with Crippen LogP contribution in [0.1, 0.15) is 21.5 Å². The summed E-state index contributed by atoms with van der Waals surface area (Å²) in [6.45, 7) is 1.82. The summed E-state index contributed by atoms with van der Waals surface area (Å²) >= 11 is 11.9. The van der Waals surface area contributed by atoms with Crippen LogP contribution in [0.25, 0.3) is 0 Å². The number of ether oxygens (including phenoxy) is 2. The van der Waals surface area contributed by atoms with E-state index in [2.05, 4.69) is 15.8 Å². The number of hydrazone groups is 1.